The van der Waals surface area contributed by atoms with E-state index in [4.69, 9.17) is 14.6 Å². The normalized spacial score (nSPS) is 18.0. The molecule has 7 heteroatoms. The van der Waals surface area contributed by atoms with E-state index >= 15 is 0 Å². The van der Waals surface area contributed by atoms with Crippen molar-refractivity contribution in [2.75, 3.05) is 31.7 Å². The Morgan fingerprint density at radius 1 is 1.38 bits per heavy atom. The van der Waals surface area contributed by atoms with Gasteiger partial charge in [-0.25, -0.2) is 9.59 Å². The van der Waals surface area contributed by atoms with Crippen molar-refractivity contribution in [3.63, 3.8) is 0 Å². The molecule has 0 spiro atoms. The number of amides is 2. The van der Waals surface area contributed by atoms with Gasteiger partial charge in [-0.15, -0.1) is 0 Å². The zero-order valence-electron chi connectivity index (χ0n) is 11.7. The summed E-state index contributed by atoms with van der Waals surface area (Å²) in [5.74, 6) is -1.02. The summed E-state index contributed by atoms with van der Waals surface area (Å²) in [5, 5.41) is 14.3. The van der Waals surface area contributed by atoms with Gasteiger partial charge in [0.2, 0.25) is 0 Å². The second-order valence-corrected chi connectivity index (χ2v) is 4.69. The van der Waals surface area contributed by atoms with E-state index < -0.39 is 12.0 Å². The van der Waals surface area contributed by atoms with Crippen LogP contribution in [0.1, 0.15) is 15.9 Å². The number of ether oxygens (including phenoxy) is 2. The first-order chi connectivity index (χ1) is 10.1. The van der Waals surface area contributed by atoms with E-state index in [9.17, 15) is 9.59 Å². The number of urea groups is 1. The van der Waals surface area contributed by atoms with E-state index in [0.29, 0.717) is 37.6 Å². The van der Waals surface area contributed by atoms with Gasteiger partial charge in [0.15, 0.2) is 0 Å². The molecule has 0 saturated carbocycles. The van der Waals surface area contributed by atoms with Crippen molar-refractivity contribution in [3.05, 3.63) is 29.3 Å². The summed E-state index contributed by atoms with van der Waals surface area (Å²) in [4.78, 5) is 22.9. The highest BCUT2D eigenvalue weighted by molar-refractivity contribution is 5.95. The first-order valence-electron chi connectivity index (χ1n) is 6.65. The molecule has 0 radical (unpaired) electrons. The number of hydrogen-bond acceptors (Lipinski definition) is 4. The monoisotopic (exact) mass is 294 g/mol. The molecule has 1 aliphatic rings. The lowest BCUT2D eigenvalue weighted by atomic mass is 10.1. The molecule has 0 aromatic heterocycles. The van der Waals surface area contributed by atoms with Gasteiger partial charge < -0.3 is 25.2 Å². The average molecular weight is 294 g/mol. The standard InChI is InChI=1S/C14H18N2O5/c1-9-11(13(17)18)3-2-4-12(9)16-14(19)15-7-10-8-20-5-6-21-10/h2-4,10H,5-8H2,1H3,(H,17,18)(H2,15,16,19). The van der Waals surface area contributed by atoms with Crippen molar-refractivity contribution >= 4 is 17.7 Å². The molecule has 7 nitrogen and oxygen atoms in total. The Labute approximate surface area is 122 Å². The van der Waals surface area contributed by atoms with Gasteiger partial charge in [-0.3, -0.25) is 0 Å². The molecule has 1 aliphatic heterocycles. The lowest BCUT2D eigenvalue weighted by Crippen LogP contribution is -2.41. The van der Waals surface area contributed by atoms with E-state index in [1.165, 1.54) is 6.07 Å². The van der Waals surface area contributed by atoms with E-state index in [-0.39, 0.29) is 11.7 Å². The van der Waals surface area contributed by atoms with Gasteiger partial charge in [0.25, 0.3) is 0 Å². The van der Waals surface area contributed by atoms with Crippen LogP contribution in [0.4, 0.5) is 10.5 Å². The van der Waals surface area contributed by atoms with Gasteiger partial charge in [0.1, 0.15) is 0 Å². The maximum Gasteiger partial charge on any atom is 0.336 e. The van der Waals surface area contributed by atoms with Crippen LogP contribution in [0, 0.1) is 6.92 Å². The number of hydrogen-bond donors (Lipinski definition) is 3. The van der Waals surface area contributed by atoms with Crippen molar-refractivity contribution in [1.82, 2.24) is 5.32 Å². The summed E-state index contributed by atoms with van der Waals surface area (Å²) in [7, 11) is 0. The molecule has 2 amide bonds. The van der Waals surface area contributed by atoms with Crippen LogP contribution >= 0.6 is 0 Å². The zero-order valence-corrected chi connectivity index (χ0v) is 11.7. The number of carbonyl (C=O) groups excluding carboxylic acids is 1. The van der Waals surface area contributed by atoms with Gasteiger partial charge >= 0.3 is 12.0 Å². The maximum atomic E-state index is 11.8. The highest BCUT2D eigenvalue weighted by atomic mass is 16.6. The highest BCUT2D eigenvalue weighted by Gasteiger charge is 2.16. The van der Waals surface area contributed by atoms with Crippen LogP contribution < -0.4 is 10.6 Å². The molecule has 1 fully saturated rings. The molecule has 0 bridgehead atoms. The summed E-state index contributed by atoms with van der Waals surface area (Å²) in [6, 6.07) is 4.33. The van der Waals surface area contributed by atoms with E-state index in [1.807, 2.05) is 0 Å². The fraction of sp³-hybridized carbons (Fsp3) is 0.429. The van der Waals surface area contributed by atoms with Crippen LogP contribution in [0.5, 0.6) is 0 Å². The molecule has 1 aromatic carbocycles. The van der Waals surface area contributed by atoms with Crippen LogP contribution in [-0.2, 0) is 9.47 Å². The molecular formula is C14H18N2O5. The number of benzene rings is 1. The Hall–Kier alpha value is -2.12. The fourth-order valence-electron chi connectivity index (χ4n) is 2.03. The molecule has 0 aliphatic carbocycles. The van der Waals surface area contributed by atoms with Gasteiger partial charge in [-0.05, 0) is 24.6 Å². The second kappa shape index (κ2) is 7.05. The van der Waals surface area contributed by atoms with Crippen LogP contribution in [0.3, 0.4) is 0 Å². The smallest absolute Gasteiger partial charge is 0.336 e. The van der Waals surface area contributed by atoms with Crippen LogP contribution in [-0.4, -0.2) is 49.6 Å². The quantitative estimate of drug-likeness (QED) is 0.776. The lowest BCUT2D eigenvalue weighted by Gasteiger charge is -2.23. The minimum absolute atomic E-state index is 0.157. The Morgan fingerprint density at radius 2 is 2.19 bits per heavy atom. The number of anilines is 1. The zero-order chi connectivity index (χ0) is 15.2. The van der Waals surface area contributed by atoms with E-state index in [1.54, 1.807) is 19.1 Å². The largest absolute Gasteiger partial charge is 0.478 e. The molecule has 2 rings (SSSR count). The van der Waals surface area contributed by atoms with Crippen LogP contribution in [0.15, 0.2) is 18.2 Å². The Bertz CT molecular complexity index is 526. The minimum atomic E-state index is -1.02. The third kappa shape index (κ3) is 4.17. The van der Waals surface area contributed by atoms with Crippen LogP contribution in [0.25, 0.3) is 0 Å². The Balaban J connectivity index is 1.90. The molecule has 1 atom stereocenters. The van der Waals surface area contributed by atoms with E-state index in [2.05, 4.69) is 10.6 Å². The van der Waals surface area contributed by atoms with Gasteiger partial charge in [0.05, 0.1) is 31.5 Å². The lowest BCUT2D eigenvalue weighted by molar-refractivity contribution is -0.0852. The summed E-state index contributed by atoms with van der Waals surface area (Å²) in [6.45, 7) is 3.53. The maximum absolute atomic E-state index is 11.8. The number of aromatic carboxylic acids is 1. The van der Waals surface area contributed by atoms with Crippen molar-refractivity contribution < 1.29 is 24.2 Å². The second-order valence-electron chi connectivity index (χ2n) is 4.69. The number of rotatable bonds is 4. The summed E-state index contributed by atoms with van der Waals surface area (Å²) in [5.41, 5.74) is 1.14. The topological polar surface area (TPSA) is 96.9 Å². The number of carboxylic acid groups (broad SMARTS) is 1. The van der Waals surface area contributed by atoms with E-state index in [0.717, 1.165) is 0 Å². The molecular weight excluding hydrogens is 276 g/mol. The number of carboxylic acids is 1. The number of carbonyl (C=O) groups is 2. The minimum Gasteiger partial charge on any atom is -0.478 e. The van der Waals surface area contributed by atoms with Crippen molar-refractivity contribution in [2.45, 2.75) is 13.0 Å². The first kappa shape index (κ1) is 15.3. The Morgan fingerprint density at radius 3 is 2.86 bits per heavy atom. The third-order valence-corrected chi connectivity index (χ3v) is 3.19. The molecule has 114 valence electrons. The fourth-order valence-corrected chi connectivity index (χ4v) is 2.03. The van der Waals surface area contributed by atoms with Gasteiger partial charge in [0, 0.05) is 12.2 Å². The van der Waals surface area contributed by atoms with Gasteiger partial charge in [-0.1, -0.05) is 6.07 Å². The predicted octanol–water partition coefficient (Wildman–Crippen LogP) is 1.23. The molecule has 3 N–H and O–H groups in total. The van der Waals surface area contributed by atoms with Crippen molar-refractivity contribution in [1.29, 1.82) is 0 Å². The molecule has 1 unspecified atom stereocenters. The number of nitrogens with one attached hydrogen (secondary N) is 2. The predicted molar refractivity (Wildman–Crippen MR) is 75.7 cm³/mol. The first-order valence-corrected chi connectivity index (χ1v) is 6.65. The molecule has 1 heterocycles. The third-order valence-electron chi connectivity index (χ3n) is 3.19. The van der Waals surface area contributed by atoms with Crippen molar-refractivity contribution in [3.8, 4) is 0 Å². The van der Waals surface area contributed by atoms with Crippen LogP contribution in [0.2, 0.25) is 0 Å². The Kier molecular flexibility index (Phi) is 5.13. The summed E-state index contributed by atoms with van der Waals surface area (Å²) in [6.07, 6.45) is -0.157. The van der Waals surface area contributed by atoms with Crippen molar-refractivity contribution in [2.24, 2.45) is 0 Å². The highest BCUT2D eigenvalue weighted by Crippen LogP contribution is 2.18. The summed E-state index contributed by atoms with van der Waals surface area (Å²) < 4.78 is 10.6. The summed E-state index contributed by atoms with van der Waals surface area (Å²) >= 11 is 0. The SMILES string of the molecule is Cc1c(NC(=O)NCC2COCCO2)cccc1C(=O)O. The van der Waals surface area contributed by atoms with Gasteiger partial charge in [-0.2, -0.15) is 0 Å². The molecule has 21 heavy (non-hydrogen) atoms. The average Bonchev–Trinajstić information content (AvgIpc) is 2.48. The molecule has 1 saturated heterocycles. The molecule has 1 aromatic rings.